The van der Waals surface area contributed by atoms with Gasteiger partial charge in [-0.1, -0.05) is 23.4 Å². The molecule has 1 aliphatic carbocycles. The molecule has 1 amide bonds. The molecule has 2 aromatic carbocycles. The van der Waals surface area contributed by atoms with Crippen LogP contribution in [0.4, 0.5) is 4.39 Å². The van der Waals surface area contributed by atoms with E-state index in [0.29, 0.717) is 11.4 Å². The maximum Gasteiger partial charge on any atom is 0.274 e. The lowest BCUT2D eigenvalue weighted by Crippen LogP contribution is -2.27. The Morgan fingerprint density at radius 3 is 2.85 bits per heavy atom. The van der Waals surface area contributed by atoms with Crippen molar-refractivity contribution < 1.29 is 13.9 Å². The highest BCUT2D eigenvalue weighted by Crippen LogP contribution is 2.41. The lowest BCUT2D eigenvalue weighted by molar-refractivity contribution is 0.0944. The second-order valence-electron chi connectivity index (χ2n) is 6.61. The molecule has 1 aromatic heterocycles. The maximum absolute atomic E-state index is 13.4. The molecular formula is C20H19FN4O2. The second-order valence-corrected chi connectivity index (χ2v) is 6.61. The van der Waals surface area contributed by atoms with Crippen molar-refractivity contribution in [2.45, 2.75) is 25.3 Å². The second kappa shape index (κ2) is 6.83. The average molecular weight is 366 g/mol. The van der Waals surface area contributed by atoms with E-state index in [1.807, 2.05) is 30.3 Å². The Bertz CT molecular complexity index is 1000. The minimum atomic E-state index is -0.273. The number of nitrogens with one attached hydrogen (secondary N) is 1. The number of hydrogen-bond acceptors (Lipinski definition) is 4. The van der Waals surface area contributed by atoms with Crippen LogP contribution in [0.1, 0.15) is 34.1 Å². The van der Waals surface area contributed by atoms with E-state index in [1.54, 1.807) is 24.8 Å². The Hall–Kier alpha value is -3.22. The molecule has 0 aliphatic heterocycles. The zero-order valence-corrected chi connectivity index (χ0v) is 15.0. The summed E-state index contributed by atoms with van der Waals surface area (Å²) < 4.78 is 20.2. The molecule has 1 aliphatic rings. The molecule has 0 bridgehead atoms. The number of ether oxygens (including phenoxy) is 1. The fourth-order valence-electron chi connectivity index (χ4n) is 3.22. The average Bonchev–Trinajstić information content (AvgIpc) is 3.33. The monoisotopic (exact) mass is 366 g/mol. The fourth-order valence-corrected chi connectivity index (χ4v) is 3.22. The van der Waals surface area contributed by atoms with Gasteiger partial charge in [-0.2, -0.15) is 0 Å². The molecule has 1 N–H and O–H groups in total. The van der Waals surface area contributed by atoms with Gasteiger partial charge in [-0.05, 0) is 43.2 Å². The van der Waals surface area contributed by atoms with Gasteiger partial charge >= 0.3 is 0 Å². The molecule has 7 heteroatoms. The lowest BCUT2D eigenvalue weighted by Gasteiger charge is -2.06. The van der Waals surface area contributed by atoms with Crippen molar-refractivity contribution in [1.29, 1.82) is 0 Å². The van der Waals surface area contributed by atoms with Crippen molar-refractivity contribution in [3.05, 3.63) is 71.3 Å². The van der Waals surface area contributed by atoms with Crippen LogP contribution < -0.4 is 10.1 Å². The predicted molar refractivity (Wildman–Crippen MR) is 97.7 cm³/mol. The fraction of sp³-hybridized carbons (Fsp3) is 0.250. The van der Waals surface area contributed by atoms with Gasteiger partial charge in [0.1, 0.15) is 11.6 Å². The van der Waals surface area contributed by atoms with Crippen LogP contribution >= 0.6 is 0 Å². The number of carbonyl (C=O) groups is 1. The lowest BCUT2D eigenvalue weighted by atomic mass is 10.1. The van der Waals surface area contributed by atoms with Gasteiger partial charge in [0.05, 0.1) is 18.5 Å². The normalized spacial score (nSPS) is 18.2. The van der Waals surface area contributed by atoms with Gasteiger partial charge in [-0.3, -0.25) is 4.79 Å². The number of hydrogen-bond donors (Lipinski definition) is 1. The Morgan fingerprint density at radius 2 is 2.07 bits per heavy atom. The van der Waals surface area contributed by atoms with Gasteiger partial charge < -0.3 is 10.1 Å². The molecular weight excluding hydrogens is 347 g/mol. The van der Waals surface area contributed by atoms with Crippen LogP contribution in [-0.4, -0.2) is 34.1 Å². The largest absolute Gasteiger partial charge is 0.497 e. The molecule has 3 aromatic rings. The van der Waals surface area contributed by atoms with E-state index < -0.39 is 0 Å². The molecule has 1 fully saturated rings. The molecule has 1 heterocycles. The van der Waals surface area contributed by atoms with Crippen LogP contribution in [0.5, 0.6) is 5.75 Å². The smallest absolute Gasteiger partial charge is 0.274 e. The highest BCUT2D eigenvalue weighted by Gasteiger charge is 2.40. The highest BCUT2D eigenvalue weighted by atomic mass is 19.1. The van der Waals surface area contributed by atoms with Crippen molar-refractivity contribution >= 4 is 5.91 Å². The number of amides is 1. The number of nitrogens with zero attached hydrogens (tertiary/aromatic N) is 3. The maximum atomic E-state index is 13.4. The Morgan fingerprint density at radius 1 is 1.26 bits per heavy atom. The summed E-state index contributed by atoms with van der Waals surface area (Å²) >= 11 is 0. The first-order chi connectivity index (χ1) is 13.1. The summed E-state index contributed by atoms with van der Waals surface area (Å²) in [7, 11) is 1.59. The summed E-state index contributed by atoms with van der Waals surface area (Å²) in [6, 6.07) is 13.9. The van der Waals surface area contributed by atoms with Crippen LogP contribution in [0, 0.1) is 12.7 Å². The number of benzene rings is 2. The Kier molecular flexibility index (Phi) is 4.35. The summed E-state index contributed by atoms with van der Waals surface area (Å²) in [6.07, 6.45) is 0.790. The van der Waals surface area contributed by atoms with Gasteiger partial charge in [0.2, 0.25) is 0 Å². The van der Waals surface area contributed by atoms with Gasteiger partial charge in [0.15, 0.2) is 5.69 Å². The van der Waals surface area contributed by atoms with E-state index in [1.165, 1.54) is 12.1 Å². The molecule has 138 valence electrons. The van der Waals surface area contributed by atoms with E-state index in [4.69, 9.17) is 4.74 Å². The molecule has 4 rings (SSSR count). The minimum absolute atomic E-state index is 0.0133. The van der Waals surface area contributed by atoms with Crippen molar-refractivity contribution in [3.63, 3.8) is 0 Å². The summed E-state index contributed by atoms with van der Waals surface area (Å²) in [5, 5.41) is 11.1. The quantitative estimate of drug-likeness (QED) is 0.754. The molecule has 0 unspecified atom stereocenters. The van der Waals surface area contributed by atoms with Crippen LogP contribution in [0.15, 0.2) is 48.5 Å². The zero-order valence-electron chi connectivity index (χ0n) is 15.0. The molecule has 0 radical (unpaired) electrons. The van der Waals surface area contributed by atoms with Crippen molar-refractivity contribution in [2.75, 3.05) is 7.11 Å². The van der Waals surface area contributed by atoms with Gasteiger partial charge in [-0.15, -0.1) is 5.10 Å². The van der Waals surface area contributed by atoms with Crippen molar-refractivity contribution in [1.82, 2.24) is 20.3 Å². The van der Waals surface area contributed by atoms with E-state index in [-0.39, 0.29) is 29.4 Å². The third kappa shape index (κ3) is 3.40. The predicted octanol–water partition coefficient (Wildman–Crippen LogP) is 3.01. The Labute approximate surface area is 156 Å². The van der Waals surface area contributed by atoms with Crippen LogP contribution in [0.25, 0.3) is 5.69 Å². The minimum Gasteiger partial charge on any atom is -0.497 e. The summed E-state index contributed by atoms with van der Waals surface area (Å²) in [5.74, 6) is 0.301. The Balaban J connectivity index is 1.48. The summed E-state index contributed by atoms with van der Waals surface area (Å²) in [4.78, 5) is 12.6. The number of methoxy groups -OCH3 is 1. The number of halogens is 1. The molecule has 2 atom stereocenters. The molecule has 6 nitrogen and oxygen atoms in total. The summed E-state index contributed by atoms with van der Waals surface area (Å²) in [6.45, 7) is 1.80. The van der Waals surface area contributed by atoms with Gasteiger partial charge in [0.25, 0.3) is 5.91 Å². The topological polar surface area (TPSA) is 69.0 Å². The first-order valence-corrected chi connectivity index (χ1v) is 8.70. The molecule has 0 saturated heterocycles. The zero-order chi connectivity index (χ0) is 19.0. The van der Waals surface area contributed by atoms with Crippen LogP contribution in [0.2, 0.25) is 0 Å². The SMILES string of the molecule is COc1cccc(-n2nnc(C(=O)N[C@H]3C[C@H]3c3cccc(F)c3)c2C)c1. The molecule has 1 saturated carbocycles. The van der Waals surface area contributed by atoms with Gasteiger partial charge in [0, 0.05) is 18.0 Å². The van der Waals surface area contributed by atoms with Crippen molar-refractivity contribution in [3.8, 4) is 11.4 Å². The van der Waals surface area contributed by atoms with Crippen LogP contribution in [-0.2, 0) is 0 Å². The number of rotatable bonds is 5. The summed E-state index contributed by atoms with van der Waals surface area (Å²) in [5.41, 5.74) is 2.59. The first kappa shape index (κ1) is 17.2. The first-order valence-electron chi connectivity index (χ1n) is 8.70. The standard InChI is InChI=1S/C20H19FN4O2/c1-12-19(23-24-25(12)15-7-4-8-16(10-15)27-2)20(26)22-18-11-17(18)13-5-3-6-14(21)9-13/h3-10,17-18H,11H2,1-2H3,(H,22,26)/t17-,18-/m0/s1. The number of aromatic nitrogens is 3. The van der Waals surface area contributed by atoms with Gasteiger partial charge in [-0.25, -0.2) is 9.07 Å². The van der Waals surface area contributed by atoms with E-state index in [0.717, 1.165) is 17.7 Å². The molecule has 0 spiro atoms. The number of carbonyl (C=O) groups excluding carboxylic acids is 1. The van der Waals surface area contributed by atoms with Crippen molar-refractivity contribution in [2.24, 2.45) is 0 Å². The highest BCUT2D eigenvalue weighted by molar-refractivity contribution is 5.93. The third-order valence-corrected chi connectivity index (χ3v) is 4.79. The molecule has 27 heavy (non-hydrogen) atoms. The van der Waals surface area contributed by atoms with Crippen LogP contribution in [0.3, 0.4) is 0 Å². The van der Waals surface area contributed by atoms with E-state index in [9.17, 15) is 9.18 Å². The van der Waals surface area contributed by atoms with E-state index >= 15 is 0 Å². The van der Waals surface area contributed by atoms with E-state index in [2.05, 4.69) is 15.6 Å². The third-order valence-electron chi connectivity index (χ3n) is 4.79.